The van der Waals surface area contributed by atoms with Crippen molar-refractivity contribution in [3.8, 4) is 5.75 Å². The highest BCUT2D eigenvalue weighted by atomic mass is 32.2. The second kappa shape index (κ2) is 15.7. The third-order valence-corrected chi connectivity index (χ3v) is 6.74. The van der Waals surface area contributed by atoms with Crippen molar-refractivity contribution >= 4 is 37.0 Å². The molecule has 0 saturated carbocycles. The van der Waals surface area contributed by atoms with Gasteiger partial charge in [-0.05, 0) is 55.1 Å². The number of carbonyl (C=O) groups is 3. The molecule has 2 bridgehead atoms. The van der Waals surface area contributed by atoms with Crippen molar-refractivity contribution in [2.45, 2.75) is 57.4 Å². The first kappa shape index (κ1) is 29.0. The molecule has 1 aromatic carbocycles. The summed E-state index contributed by atoms with van der Waals surface area (Å²) < 4.78 is 16.1. The van der Waals surface area contributed by atoms with Gasteiger partial charge in [0.1, 0.15) is 17.8 Å². The van der Waals surface area contributed by atoms with Crippen LogP contribution in [0, 0.1) is 5.92 Å². The minimum Gasteiger partial charge on any atom is -0.494 e. The van der Waals surface area contributed by atoms with Crippen LogP contribution in [0.2, 0.25) is 5.82 Å². The van der Waals surface area contributed by atoms with E-state index in [0.29, 0.717) is 25.2 Å². The smallest absolute Gasteiger partial charge is 0.329 e. The van der Waals surface area contributed by atoms with Crippen molar-refractivity contribution in [3.63, 3.8) is 0 Å². The van der Waals surface area contributed by atoms with Crippen LogP contribution in [-0.4, -0.2) is 69.3 Å². The molecule has 0 saturated heterocycles. The highest BCUT2D eigenvalue weighted by Gasteiger charge is 2.30. The molecule has 3 atom stereocenters. The highest BCUT2D eigenvalue weighted by Crippen LogP contribution is 2.20. The Morgan fingerprint density at radius 1 is 1.20 bits per heavy atom. The Balaban J connectivity index is 2.27. The van der Waals surface area contributed by atoms with E-state index in [1.807, 2.05) is 38.1 Å². The molecule has 2 aliphatic heterocycles. The molecule has 9 nitrogen and oxygen atoms in total. The first-order valence-corrected chi connectivity index (χ1v) is 13.2. The van der Waals surface area contributed by atoms with Gasteiger partial charge in [0.15, 0.2) is 0 Å². The maximum Gasteiger partial charge on any atom is 0.329 e. The van der Waals surface area contributed by atoms with Gasteiger partial charge in [0.25, 0.3) is 7.48 Å². The maximum atomic E-state index is 13.2. The van der Waals surface area contributed by atoms with Gasteiger partial charge in [-0.1, -0.05) is 26.0 Å². The number of esters is 1. The van der Waals surface area contributed by atoms with Gasteiger partial charge in [-0.25, -0.2) is 4.79 Å². The molecule has 194 valence electrons. The SMILES string of the molecule is COC(=O)[C@@H]1CSCCCCOc2ccc(cc2)C[C@H](BOCN)C(=O)N[C@@H](CC(C)C)C(=O)N1. The summed E-state index contributed by atoms with van der Waals surface area (Å²) in [6, 6.07) is 6.06. The van der Waals surface area contributed by atoms with Gasteiger partial charge in [-0.3, -0.25) is 9.59 Å². The summed E-state index contributed by atoms with van der Waals surface area (Å²) in [6.45, 7) is 4.52. The number of hydrogen-bond donors (Lipinski definition) is 3. The quantitative estimate of drug-likeness (QED) is 0.300. The topological polar surface area (TPSA) is 129 Å². The van der Waals surface area contributed by atoms with Crippen LogP contribution in [-0.2, 0) is 30.2 Å². The molecule has 0 radical (unpaired) electrons. The van der Waals surface area contributed by atoms with Crippen LogP contribution >= 0.6 is 11.8 Å². The van der Waals surface area contributed by atoms with Crippen LogP contribution in [0.5, 0.6) is 5.75 Å². The van der Waals surface area contributed by atoms with Gasteiger partial charge in [-0.2, -0.15) is 11.8 Å². The van der Waals surface area contributed by atoms with E-state index in [2.05, 4.69) is 10.6 Å². The Morgan fingerprint density at radius 3 is 2.60 bits per heavy atom. The number of ether oxygens (including phenoxy) is 2. The first-order valence-electron chi connectivity index (χ1n) is 12.1. The van der Waals surface area contributed by atoms with Crippen molar-refractivity contribution in [2.24, 2.45) is 11.7 Å². The summed E-state index contributed by atoms with van der Waals surface area (Å²) in [4.78, 5) is 38.7. The predicted molar refractivity (Wildman–Crippen MR) is 139 cm³/mol. The van der Waals surface area contributed by atoms with Crippen LogP contribution < -0.4 is 21.1 Å². The number of benzene rings is 1. The number of hydrogen-bond acceptors (Lipinski definition) is 8. The fraction of sp³-hybridized carbons (Fsp3) is 0.625. The van der Waals surface area contributed by atoms with Crippen molar-refractivity contribution < 1.29 is 28.5 Å². The van der Waals surface area contributed by atoms with E-state index < -0.39 is 29.8 Å². The third kappa shape index (κ3) is 10.5. The van der Waals surface area contributed by atoms with E-state index in [4.69, 9.17) is 19.9 Å². The van der Waals surface area contributed by atoms with Gasteiger partial charge in [0.05, 0.1) is 20.4 Å². The second-order valence-electron chi connectivity index (χ2n) is 8.99. The summed E-state index contributed by atoms with van der Waals surface area (Å²) in [5.74, 6) is 0.364. The van der Waals surface area contributed by atoms with Crippen molar-refractivity contribution in [1.29, 1.82) is 0 Å². The molecule has 2 aliphatic rings. The summed E-state index contributed by atoms with van der Waals surface area (Å²) in [5, 5.41) is 5.67. The van der Waals surface area contributed by atoms with E-state index >= 15 is 0 Å². The number of rotatable bonds is 6. The Morgan fingerprint density at radius 2 is 1.94 bits per heavy atom. The molecule has 3 rings (SSSR count). The van der Waals surface area contributed by atoms with Crippen LogP contribution in [0.15, 0.2) is 24.3 Å². The average molecular weight is 507 g/mol. The Hall–Kier alpha value is -2.24. The zero-order chi connectivity index (χ0) is 25.6. The lowest BCUT2D eigenvalue weighted by Crippen LogP contribution is -2.53. The molecule has 0 spiro atoms. The molecule has 0 unspecified atom stereocenters. The van der Waals surface area contributed by atoms with E-state index in [1.165, 1.54) is 7.11 Å². The number of nitrogens with one attached hydrogen (secondary N) is 2. The molecular weight excluding hydrogens is 469 g/mol. The molecular formula is C24H38BN3O6S. The Kier molecular flexibility index (Phi) is 13.0. The lowest BCUT2D eigenvalue weighted by molar-refractivity contribution is -0.144. The van der Waals surface area contributed by atoms with Crippen molar-refractivity contribution in [1.82, 2.24) is 10.6 Å². The molecule has 2 amide bonds. The fourth-order valence-corrected chi connectivity index (χ4v) is 4.75. The van der Waals surface area contributed by atoms with Crippen LogP contribution in [0.25, 0.3) is 0 Å². The monoisotopic (exact) mass is 507 g/mol. The Labute approximate surface area is 212 Å². The van der Waals surface area contributed by atoms with Crippen LogP contribution in [0.4, 0.5) is 0 Å². The number of amides is 2. The maximum absolute atomic E-state index is 13.2. The minimum absolute atomic E-state index is 0.00899. The zero-order valence-corrected chi connectivity index (χ0v) is 21.7. The molecule has 2 heterocycles. The van der Waals surface area contributed by atoms with Crippen LogP contribution in [0.1, 0.15) is 38.7 Å². The molecule has 35 heavy (non-hydrogen) atoms. The summed E-state index contributed by atoms with van der Waals surface area (Å²) >= 11 is 1.57. The minimum atomic E-state index is -0.797. The van der Waals surface area contributed by atoms with Crippen LogP contribution in [0.3, 0.4) is 0 Å². The van der Waals surface area contributed by atoms with E-state index in [-0.39, 0.29) is 26.0 Å². The number of nitrogens with two attached hydrogens (primary N) is 1. The highest BCUT2D eigenvalue weighted by molar-refractivity contribution is 7.99. The largest absolute Gasteiger partial charge is 0.494 e. The predicted octanol–water partition coefficient (Wildman–Crippen LogP) is 1.40. The lowest BCUT2D eigenvalue weighted by Gasteiger charge is -2.25. The average Bonchev–Trinajstić information content (AvgIpc) is 2.84. The van der Waals surface area contributed by atoms with Gasteiger partial charge >= 0.3 is 5.97 Å². The zero-order valence-electron chi connectivity index (χ0n) is 20.9. The number of thioether (sulfide) groups is 1. The second-order valence-corrected chi connectivity index (χ2v) is 10.1. The van der Waals surface area contributed by atoms with Crippen molar-refractivity contribution in [3.05, 3.63) is 29.8 Å². The molecule has 1 aromatic rings. The van der Waals surface area contributed by atoms with Gasteiger partial charge in [0, 0.05) is 11.6 Å². The lowest BCUT2D eigenvalue weighted by atomic mass is 9.75. The molecule has 0 fully saturated rings. The standard InChI is InChI=1S/C24H38BN3O6S/c1-16(2)12-20-23(30)28-21(24(31)32-3)14-35-11-5-4-10-33-18-8-6-17(7-9-18)13-19(22(29)27-20)25-34-15-26/h6-9,16,19-21,25H,4-5,10-15,26H2,1-3H3,(H,27,29)(H,28,30)/t19-,20-,21-/m0/s1. The van der Waals surface area contributed by atoms with Crippen molar-refractivity contribution in [2.75, 3.05) is 32.0 Å². The van der Waals surface area contributed by atoms with E-state index in [9.17, 15) is 14.4 Å². The van der Waals surface area contributed by atoms with Gasteiger partial charge in [-0.15, -0.1) is 0 Å². The van der Waals surface area contributed by atoms with E-state index in [0.717, 1.165) is 29.9 Å². The first-order chi connectivity index (χ1) is 16.8. The normalized spacial score (nSPS) is 22.7. The summed E-state index contributed by atoms with van der Waals surface area (Å²) in [7, 11) is 1.42. The Bertz CT molecular complexity index is 811. The molecule has 0 aliphatic carbocycles. The van der Waals surface area contributed by atoms with E-state index in [1.54, 1.807) is 11.8 Å². The molecule has 4 N–H and O–H groups in total. The number of fused-ring (bicyclic) bond motifs is 16. The summed E-state index contributed by atoms with van der Waals surface area (Å²) in [5.41, 5.74) is 6.45. The number of carbonyl (C=O) groups excluding carboxylic acids is 3. The molecule has 0 aromatic heterocycles. The molecule has 11 heteroatoms. The third-order valence-electron chi connectivity index (χ3n) is 5.59. The fourth-order valence-electron chi connectivity index (χ4n) is 3.72. The number of methoxy groups -OCH3 is 1. The van der Waals surface area contributed by atoms with Gasteiger partial charge < -0.3 is 30.5 Å². The van der Waals surface area contributed by atoms with Gasteiger partial charge in [0.2, 0.25) is 11.8 Å². The summed E-state index contributed by atoms with van der Waals surface area (Å²) in [6.07, 6.45) is 2.63.